The van der Waals surface area contributed by atoms with Gasteiger partial charge in [0.15, 0.2) is 0 Å². The van der Waals surface area contributed by atoms with E-state index in [1.54, 1.807) is 12.1 Å². The van der Waals surface area contributed by atoms with Gasteiger partial charge in [-0.25, -0.2) is 0 Å². The van der Waals surface area contributed by atoms with Crippen molar-refractivity contribution in [2.24, 2.45) is 5.92 Å². The number of hydrogen-bond acceptors (Lipinski definition) is 3. The fourth-order valence-electron chi connectivity index (χ4n) is 1.68. The summed E-state index contributed by atoms with van der Waals surface area (Å²) < 4.78 is 5.10. The predicted molar refractivity (Wildman–Crippen MR) is 49.9 cm³/mol. The lowest BCUT2D eigenvalue weighted by atomic mass is 10.1. The number of hydrogen-bond donors (Lipinski definition) is 1. The smallest absolute Gasteiger partial charge is 0.308 e. The Hall–Kier alpha value is -1.78. The highest BCUT2D eigenvalue weighted by Gasteiger charge is 2.34. The minimum Gasteiger partial charge on any atom is -0.481 e. The Kier molecular flexibility index (Phi) is 2.45. The number of carbonyl (C=O) groups is 2. The first-order valence-corrected chi connectivity index (χ1v) is 4.70. The van der Waals surface area contributed by atoms with Crippen molar-refractivity contribution in [3.8, 4) is 0 Å². The molecule has 5 heteroatoms. The van der Waals surface area contributed by atoms with Crippen LogP contribution in [0.3, 0.4) is 0 Å². The Morgan fingerprint density at radius 1 is 1.67 bits per heavy atom. The van der Waals surface area contributed by atoms with Crippen molar-refractivity contribution in [3.05, 3.63) is 24.2 Å². The first-order valence-electron chi connectivity index (χ1n) is 4.70. The van der Waals surface area contributed by atoms with E-state index >= 15 is 0 Å². The monoisotopic (exact) mass is 209 g/mol. The fourth-order valence-corrected chi connectivity index (χ4v) is 1.68. The fraction of sp³-hybridized carbons (Fsp3) is 0.400. The lowest BCUT2D eigenvalue weighted by Gasteiger charge is -2.13. The van der Waals surface area contributed by atoms with Gasteiger partial charge in [0.1, 0.15) is 5.76 Å². The van der Waals surface area contributed by atoms with Gasteiger partial charge < -0.3 is 14.4 Å². The number of carboxylic acid groups (broad SMARTS) is 1. The summed E-state index contributed by atoms with van der Waals surface area (Å²) in [6.07, 6.45) is 1.63. The van der Waals surface area contributed by atoms with E-state index in [-0.39, 0.29) is 18.9 Å². The van der Waals surface area contributed by atoms with E-state index in [1.807, 2.05) is 0 Å². The van der Waals surface area contributed by atoms with Crippen molar-refractivity contribution in [1.82, 2.24) is 4.90 Å². The summed E-state index contributed by atoms with van der Waals surface area (Å²) >= 11 is 0. The van der Waals surface area contributed by atoms with Gasteiger partial charge >= 0.3 is 5.97 Å². The Balaban J connectivity index is 2.00. The molecular formula is C10H11NO4. The van der Waals surface area contributed by atoms with E-state index in [0.717, 1.165) is 0 Å². The van der Waals surface area contributed by atoms with Gasteiger partial charge in [-0.05, 0) is 12.1 Å². The normalized spacial score (nSPS) is 20.9. The number of likely N-dealkylation sites (tertiary alicyclic amines) is 1. The molecule has 1 aliphatic heterocycles. The first-order chi connectivity index (χ1) is 7.16. The number of aliphatic carboxylic acids is 1. The Morgan fingerprint density at radius 2 is 2.47 bits per heavy atom. The molecule has 80 valence electrons. The van der Waals surface area contributed by atoms with Crippen molar-refractivity contribution in [1.29, 1.82) is 0 Å². The summed E-state index contributed by atoms with van der Waals surface area (Å²) in [6.45, 7) is 0.629. The molecule has 0 saturated carbocycles. The Labute approximate surface area is 86.3 Å². The van der Waals surface area contributed by atoms with Crippen LogP contribution >= 0.6 is 0 Å². The third kappa shape index (κ3) is 2.01. The molecule has 1 fully saturated rings. The molecule has 1 aromatic heterocycles. The van der Waals surface area contributed by atoms with Crippen LogP contribution in [0.5, 0.6) is 0 Å². The van der Waals surface area contributed by atoms with E-state index in [0.29, 0.717) is 12.3 Å². The average molecular weight is 209 g/mol. The van der Waals surface area contributed by atoms with Crippen LogP contribution in [-0.4, -0.2) is 28.4 Å². The average Bonchev–Trinajstić information content (AvgIpc) is 2.77. The maximum atomic E-state index is 11.4. The van der Waals surface area contributed by atoms with Crippen molar-refractivity contribution < 1.29 is 19.1 Å². The molecule has 5 nitrogen and oxygen atoms in total. The first kappa shape index (κ1) is 9.76. The minimum atomic E-state index is -0.912. The molecule has 1 saturated heterocycles. The summed E-state index contributed by atoms with van der Waals surface area (Å²) in [6, 6.07) is 3.51. The van der Waals surface area contributed by atoms with Gasteiger partial charge in [0.05, 0.1) is 18.7 Å². The molecule has 1 atom stereocenters. The van der Waals surface area contributed by atoms with Gasteiger partial charge in [0.25, 0.3) is 0 Å². The largest absolute Gasteiger partial charge is 0.481 e. The van der Waals surface area contributed by atoms with Crippen LogP contribution in [-0.2, 0) is 16.1 Å². The third-order valence-electron chi connectivity index (χ3n) is 2.49. The molecule has 1 aromatic rings. The standard InChI is InChI=1S/C10H11NO4/c12-9-4-7(10(13)14)5-11(9)6-8-2-1-3-15-8/h1-3,7H,4-6H2,(H,13,14)/t7-/m1/s1. The summed E-state index contributed by atoms with van der Waals surface area (Å²) in [5.74, 6) is -0.939. The number of amides is 1. The van der Waals surface area contributed by atoms with Crippen LogP contribution in [0.4, 0.5) is 0 Å². The highest BCUT2D eigenvalue weighted by molar-refractivity contribution is 5.85. The Morgan fingerprint density at radius 3 is 3.00 bits per heavy atom. The molecule has 2 heterocycles. The van der Waals surface area contributed by atoms with E-state index in [2.05, 4.69) is 0 Å². The van der Waals surface area contributed by atoms with Gasteiger partial charge in [-0.3, -0.25) is 9.59 Å². The van der Waals surface area contributed by atoms with Crippen molar-refractivity contribution >= 4 is 11.9 Å². The maximum Gasteiger partial charge on any atom is 0.308 e. The summed E-state index contributed by atoms with van der Waals surface area (Å²) in [7, 11) is 0. The predicted octanol–water partition coefficient (Wildman–Crippen LogP) is 0.713. The number of nitrogens with zero attached hydrogens (tertiary/aromatic N) is 1. The molecule has 15 heavy (non-hydrogen) atoms. The van der Waals surface area contributed by atoms with E-state index in [1.165, 1.54) is 11.2 Å². The highest BCUT2D eigenvalue weighted by Crippen LogP contribution is 2.20. The molecule has 2 rings (SSSR count). The van der Waals surface area contributed by atoms with E-state index in [9.17, 15) is 9.59 Å². The molecule has 0 bridgehead atoms. The van der Waals surface area contributed by atoms with Crippen LogP contribution in [0.2, 0.25) is 0 Å². The van der Waals surface area contributed by atoms with Gasteiger partial charge in [-0.1, -0.05) is 0 Å². The summed E-state index contributed by atoms with van der Waals surface area (Å²) in [4.78, 5) is 23.6. The van der Waals surface area contributed by atoms with Crippen LogP contribution in [0.1, 0.15) is 12.2 Å². The molecule has 1 aliphatic rings. The van der Waals surface area contributed by atoms with Gasteiger partial charge in [0.2, 0.25) is 5.91 Å². The topological polar surface area (TPSA) is 70.8 Å². The van der Waals surface area contributed by atoms with E-state index in [4.69, 9.17) is 9.52 Å². The highest BCUT2D eigenvalue weighted by atomic mass is 16.4. The molecule has 0 radical (unpaired) electrons. The van der Waals surface area contributed by atoms with Gasteiger partial charge in [-0.2, -0.15) is 0 Å². The van der Waals surface area contributed by atoms with Gasteiger partial charge in [0, 0.05) is 13.0 Å². The zero-order valence-electron chi connectivity index (χ0n) is 8.05. The van der Waals surface area contributed by atoms with Crippen molar-refractivity contribution in [3.63, 3.8) is 0 Å². The summed E-state index contributed by atoms with van der Waals surface area (Å²) in [5, 5.41) is 8.77. The van der Waals surface area contributed by atoms with Crippen LogP contribution < -0.4 is 0 Å². The second-order valence-electron chi connectivity index (χ2n) is 3.59. The number of carboxylic acids is 1. The molecule has 1 amide bonds. The SMILES string of the molecule is O=C(O)[C@@H]1CC(=O)N(Cc2ccco2)C1. The lowest BCUT2D eigenvalue weighted by molar-refractivity contribution is -0.141. The molecular weight excluding hydrogens is 198 g/mol. The third-order valence-corrected chi connectivity index (χ3v) is 2.49. The van der Waals surface area contributed by atoms with Crippen LogP contribution in [0.25, 0.3) is 0 Å². The molecule has 1 N–H and O–H groups in total. The molecule has 0 unspecified atom stereocenters. The number of carbonyl (C=O) groups excluding carboxylic acids is 1. The van der Waals surface area contributed by atoms with Crippen molar-refractivity contribution in [2.45, 2.75) is 13.0 Å². The van der Waals surface area contributed by atoms with E-state index < -0.39 is 11.9 Å². The lowest BCUT2D eigenvalue weighted by Crippen LogP contribution is -2.25. The minimum absolute atomic E-state index is 0.0933. The molecule has 0 aliphatic carbocycles. The van der Waals surface area contributed by atoms with Crippen LogP contribution in [0, 0.1) is 5.92 Å². The molecule has 0 aromatic carbocycles. The second-order valence-corrected chi connectivity index (χ2v) is 3.59. The zero-order valence-corrected chi connectivity index (χ0v) is 8.05. The second kappa shape index (κ2) is 3.76. The van der Waals surface area contributed by atoms with Crippen LogP contribution in [0.15, 0.2) is 22.8 Å². The zero-order chi connectivity index (χ0) is 10.8. The van der Waals surface area contributed by atoms with Gasteiger partial charge in [-0.15, -0.1) is 0 Å². The number of rotatable bonds is 3. The molecule has 0 spiro atoms. The quantitative estimate of drug-likeness (QED) is 0.795. The number of furan rings is 1. The van der Waals surface area contributed by atoms with Crippen molar-refractivity contribution in [2.75, 3.05) is 6.54 Å². The summed E-state index contributed by atoms with van der Waals surface area (Å²) in [5.41, 5.74) is 0. The maximum absolute atomic E-state index is 11.4. The Bertz CT molecular complexity index is 371.